The molecule has 9 nitrogen and oxygen atoms in total. The van der Waals surface area contributed by atoms with Crippen LogP contribution >= 0.6 is 0 Å². The molecule has 3 rings (SSSR count). The maximum absolute atomic E-state index is 5.46. The van der Waals surface area contributed by atoms with E-state index in [1.807, 2.05) is 0 Å². The summed E-state index contributed by atoms with van der Waals surface area (Å²) in [6.07, 6.45) is 2.09. The first-order valence-corrected chi connectivity index (χ1v) is 7.25. The molecule has 1 aromatic rings. The van der Waals surface area contributed by atoms with E-state index >= 15 is 0 Å². The highest BCUT2D eigenvalue weighted by atomic mass is 16.5. The number of morpholine rings is 1. The largest absolute Gasteiger partial charge is 0.379 e. The Balaban J connectivity index is 1.75. The Morgan fingerprint density at radius 2 is 1.86 bits per heavy atom. The van der Waals surface area contributed by atoms with Crippen LogP contribution in [0, 0.1) is 0 Å². The van der Waals surface area contributed by atoms with Crippen molar-refractivity contribution >= 4 is 17.8 Å². The summed E-state index contributed by atoms with van der Waals surface area (Å²) in [5.74, 6) is 6.94. The summed E-state index contributed by atoms with van der Waals surface area (Å²) in [7, 11) is 0. The van der Waals surface area contributed by atoms with Gasteiger partial charge in [-0.1, -0.05) is 0 Å². The average molecular weight is 295 g/mol. The van der Waals surface area contributed by atoms with Gasteiger partial charge in [-0.2, -0.15) is 15.0 Å². The number of anilines is 3. The number of hydrazine groups is 1. The molecule has 0 amide bonds. The van der Waals surface area contributed by atoms with Gasteiger partial charge in [-0.3, -0.25) is 5.43 Å². The third-order valence-electron chi connectivity index (χ3n) is 3.54. The second-order valence-electron chi connectivity index (χ2n) is 5.08. The lowest BCUT2D eigenvalue weighted by molar-refractivity contribution is 0.0874. The second-order valence-corrected chi connectivity index (χ2v) is 5.08. The third kappa shape index (κ3) is 3.69. The zero-order valence-electron chi connectivity index (χ0n) is 11.9. The van der Waals surface area contributed by atoms with Crippen LogP contribution in [0.15, 0.2) is 0 Å². The van der Waals surface area contributed by atoms with Crippen LogP contribution in [0.25, 0.3) is 0 Å². The van der Waals surface area contributed by atoms with Gasteiger partial charge in [0.05, 0.1) is 25.9 Å². The fourth-order valence-corrected chi connectivity index (χ4v) is 2.44. The first kappa shape index (κ1) is 14.2. The first-order chi connectivity index (χ1) is 10.3. The summed E-state index contributed by atoms with van der Waals surface area (Å²) in [5, 5.41) is 3.29. The number of nitrogen functional groups attached to an aromatic ring is 1. The highest BCUT2D eigenvalue weighted by Crippen LogP contribution is 2.17. The molecule has 0 aliphatic carbocycles. The van der Waals surface area contributed by atoms with Crippen LogP contribution in [0.4, 0.5) is 17.8 Å². The van der Waals surface area contributed by atoms with E-state index in [4.69, 9.17) is 15.3 Å². The summed E-state index contributed by atoms with van der Waals surface area (Å²) < 4.78 is 10.8. The van der Waals surface area contributed by atoms with Crippen LogP contribution in [0.2, 0.25) is 0 Å². The van der Waals surface area contributed by atoms with Gasteiger partial charge in [-0.25, -0.2) is 5.84 Å². The minimum absolute atomic E-state index is 0.226. The molecule has 3 heterocycles. The van der Waals surface area contributed by atoms with Crippen LogP contribution in [0.3, 0.4) is 0 Å². The summed E-state index contributed by atoms with van der Waals surface area (Å²) in [6, 6.07) is 0.226. The van der Waals surface area contributed by atoms with Gasteiger partial charge in [0.1, 0.15) is 0 Å². The van der Waals surface area contributed by atoms with E-state index in [-0.39, 0.29) is 6.04 Å². The van der Waals surface area contributed by atoms with Gasteiger partial charge < -0.3 is 19.7 Å². The maximum atomic E-state index is 5.46. The monoisotopic (exact) mass is 295 g/mol. The molecule has 2 fully saturated rings. The van der Waals surface area contributed by atoms with E-state index in [1.54, 1.807) is 0 Å². The molecular weight excluding hydrogens is 274 g/mol. The van der Waals surface area contributed by atoms with Crippen molar-refractivity contribution in [2.75, 3.05) is 55.2 Å². The van der Waals surface area contributed by atoms with Crippen LogP contribution in [0.5, 0.6) is 0 Å². The summed E-state index contributed by atoms with van der Waals surface area (Å²) in [4.78, 5) is 15.1. The number of hydrogen-bond acceptors (Lipinski definition) is 9. The Morgan fingerprint density at radius 3 is 2.57 bits per heavy atom. The van der Waals surface area contributed by atoms with Gasteiger partial charge in [0.2, 0.25) is 17.8 Å². The van der Waals surface area contributed by atoms with Crippen molar-refractivity contribution in [1.82, 2.24) is 15.0 Å². The topological polar surface area (TPSA) is 110 Å². The quantitative estimate of drug-likeness (QED) is 0.504. The Bertz CT molecular complexity index is 461. The van der Waals surface area contributed by atoms with E-state index in [9.17, 15) is 0 Å². The maximum Gasteiger partial charge on any atom is 0.243 e. The van der Waals surface area contributed by atoms with Crippen molar-refractivity contribution < 1.29 is 9.47 Å². The molecule has 0 saturated carbocycles. The molecule has 21 heavy (non-hydrogen) atoms. The molecular formula is C12H21N7O2. The Kier molecular flexibility index (Phi) is 4.63. The molecule has 1 unspecified atom stereocenters. The first-order valence-electron chi connectivity index (χ1n) is 7.25. The summed E-state index contributed by atoms with van der Waals surface area (Å²) in [6.45, 7) is 4.38. The predicted molar refractivity (Wildman–Crippen MR) is 78.1 cm³/mol. The fraction of sp³-hybridized carbons (Fsp3) is 0.750. The number of hydrogen-bond donors (Lipinski definition) is 3. The fourth-order valence-electron chi connectivity index (χ4n) is 2.44. The lowest BCUT2D eigenvalue weighted by Crippen LogP contribution is -2.38. The van der Waals surface area contributed by atoms with E-state index in [0.29, 0.717) is 37.7 Å². The van der Waals surface area contributed by atoms with Crippen molar-refractivity contribution in [2.45, 2.75) is 18.9 Å². The number of ether oxygens (including phenoxy) is 2. The summed E-state index contributed by atoms with van der Waals surface area (Å²) >= 11 is 0. The molecule has 4 N–H and O–H groups in total. The third-order valence-corrected chi connectivity index (χ3v) is 3.54. The van der Waals surface area contributed by atoms with Crippen molar-refractivity contribution in [3.8, 4) is 0 Å². The van der Waals surface area contributed by atoms with Gasteiger partial charge >= 0.3 is 0 Å². The molecule has 0 spiro atoms. The molecule has 9 heteroatoms. The second kappa shape index (κ2) is 6.83. The highest BCUT2D eigenvalue weighted by molar-refractivity contribution is 5.44. The smallest absolute Gasteiger partial charge is 0.243 e. The number of aromatic nitrogens is 3. The van der Waals surface area contributed by atoms with Gasteiger partial charge in [-0.05, 0) is 12.8 Å². The van der Waals surface area contributed by atoms with E-state index in [2.05, 4.69) is 30.6 Å². The average Bonchev–Trinajstić information content (AvgIpc) is 2.56. The van der Waals surface area contributed by atoms with Crippen molar-refractivity contribution in [2.24, 2.45) is 5.84 Å². The van der Waals surface area contributed by atoms with E-state index < -0.39 is 0 Å². The predicted octanol–water partition coefficient (Wildman–Crippen LogP) is -0.415. The standard InChI is InChI=1S/C12H21N7O2/c13-18-11-15-10(14-9-2-1-5-21-8-9)16-12(17-11)19-3-6-20-7-4-19/h9H,1-8,13H2,(H2,14,15,16,17,18). The Morgan fingerprint density at radius 1 is 1.05 bits per heavy atom. The molecule has 0 bridgehead atoms. The summed E-state index contributed by atoms with van der Waals surface area (Å²) in [5.41, 5.74) is 2.49. The molecule has 2 saturated heterocycles. The lowest BCUT2D eigenvalue weighted by atomic mass is 10.1. The van der Waals surface area contributed by atoms with Crippen LogP contribution in [0.1, 0.15) is 12.8 Å². The molecule has 1 atom stereocenters. The molecule has 0 radical (unpaired) electrons. The molecule has 2 aliphatic heterocycles. The van der Waals surface area contributed by atoms with E-state index in [0.717, 1.165) is 32.5 Å². The van der Waals surface area contributed by atoms with Crippen LogP contribution in [-0.4, -0.2) is 60.5 Å². The van der Waals surface area contributed by atoms with Gasteiger partial charge in [0.15, 0.2) is 0 Å². The molecule has 2 aliphatic rings. The zero-order valence-corrected chi connectivity index (χ0v) is 11.9. The number of nitrogens with zero attached hydrogens (tertiary/aromatic N) is 4. The minimum atomic E-state index is 0.226. The minimum Gasteiger partial charge on any atom is -0.379 e. The van der Waals surface area contributed by atoms with Gasteiger partial charge in [0.25, 0.3) is 0 Å². The van der Waals surface area contributed by atoms with Crippen molar-refractivity contribution in [3.05, 3.63) is 0 Å². The van der Waals surface area contributed by atoms with Gasteiger partial charge in [-0.15, -0.1) is 0 Å². The van der Waals surface area contributed by atoms with E-state index in [1.165, 1.54) is 0 Å². The highest BCUT2D eigenvalue weighted by Gasteiger charge is 2.19. The van der Waals surface area contributed by atoms with Crippen molar-refractivity contribution in [1.29, 1.82) is 0 Å². The number of nitrogens with one attached hydrogen (secondary N) is 2. The number of nitrogens with two attached hydrogens (primary N) is 1. The van der Waals surface area contributed by atoms with Crippen LogP contribution in [-0.2, 0) is 9.47 Å². The Hall–Kier alpha value is -1.71. The normalized spacial score (nSPS) is 22.9. The zero-order chi connectivity index (χ0) is 14.5. The molecule has 0 aromatic carbocycles. The number of rotatable bonds is 4. The van der Waals surface area contributed by atoms with Crippen molar-refractivity contribution in [3.63, 3.8) is 0 Å². The molecule has 116 valence electrons. The molecule has 1 aromatic heterocycles. The SMILES string of the molecule is NNc1nc(NC2CCCOC2)nc(N2CCOCC2)n1. The van der Waals surface area contributed by atoms with Crippen LogP contribution < -0.4 is 21.5 Å². The lowest BCUT2D eigenvalue weighted by Gasteiger charge is -2.28. The van der Waals surface area contributed by atoms with Gasteiger partial charge in [0, 0.05) is 19.7 Å². The Labute approximate surface area is 123 Å².